The molecule has 0 aromatic heterocycles. The Balaban J connectivity index is 2.00. The molecule has 0 atom stereocenters. The maximum atomic E-state index is 5.19. The molecule has 2 nitrogen and oxygen atoms in total. The van der Waals surface area contributed by atoms with Crippen LogP contribution < -0.4 is 5.32 Å². The monoisotopic (exact) mass is 169 g/mol. The van der Waals surface area contributed by atoms with Crippen molar-refractivity contribution in [3.63, 3.8) is 0 Å². The Labute approximate surface area is 75.0 Å². The molecule has 12 heavy (non-hydrogen) atoms. The fraction of sp³-hybridized carbons (Fsp3) is 0.800. The van der Waals surface area contributed by atoms with E-state index in [0.717, 1.165) is 6.54 Å². The second-order valence-corrected chi connectivity index (χ2v) is 3.72. The number of methoxy groups -OCH3 is 1. The molecule has 2 heteroatoms. The van der Waals surface area contributed by atoms with Gasteiger partial charge >= 0.3 is 0 Å². The SMILES string of the molecule is COC1CC(NCC=C(C)C)C1. The second-order valence-electron chi connectivity index (χ2n) is 3.72. The molecule has 70 valence electrons. The summed E-state index contributed by atoms with van der Waals surface area (Å²) in [6.07, 6.45) is 5.08. The Morgan fingerprint density at radius 3 is 2.67 bits per heavy atom. The van der Waals surface area contributed by atoms with Gasteiger partial charge in [0.1, 0.15) is 0 Å². The molecule has 1 fully saturated rings. The van der Waals surface area contributed by atoms with Crippen molar-refractivity contribution in [3.8, 4) is 0 Å². The van der Waals surface area contributed by atoms with Crippen LogP contribution in [0.5, 0.6) is 0 Å². The Morgan fingerprint density at radius 2 is 2.17 bits per heavy atom. The molecule has 1 N–H and O–H groups in total. The van der Waals surface area contributed by atoms with E-state index >= 15 is 0 Å². The lowest BCUT2D eigenvalue weighted by Crippen LogP contribution is -2.45. The molecule has 0 unspecified atom stereocenters. The molecule has 0 aromatic rings. The first-order valence-electron chi connectivity index (χ1n) is 4.62. The van der Waals surface area contributed by atoms with Gasteiger partial charge in [-0.1, -0.05) is 11.6 Å². The molecule has 1 aliphatic carbocycles. The first-order valence-corrected chi connectivity index (χ1v) is 4.62. The van der Waals surface area contributed by atoms with Crippen molar-refractivity contribution in [3.05, 3.63) is 11.6 Å². The molecule has 1 saturated carbocycles. The van der Waals surface area contributed by atoms with E-state index in [0.29, 0.717) is 12.1 Å². The topological polar surface area (TPSA) is 21.3 Å². The molecular weight excluding hydrogens is 150 g/mol. The van der Waals surface area contributed by atoms with E-state index in [1.807, 2.05) is 0 Å². The molecule has 1 aliphatic rings. The smallest absolute Gasteiger partial charge is 0.0601 e. The van der Waals surface area contributed by atoms with Gasteiger partial charge in [0.25, 0.3) is 0 Å². The minimum atomic E-state index is 0.509. The standard InChI is InChI=1S/C10H19NO/c1-8(2)4-5-11-9-6-10(7-9)12-3/h4,9-11H,5-7H2,1-3H3. The fourth-order valence-electron chi connectivity index (χ4n) is 1.35. The lowest BCUT2D eigenvalue weighted by Gasteiger charge is -2.34. The van der Waals surface area contributed by atoms with Crippen LogP contribution in [-0.2, 0) is 4.74 Å². The Bertz CT molecular complexity index is 155. The second kappa shape index (κ2) is 4.63. The average Bonchev–Trinajstić information content (AvgIpc) is 1.93. The Hall–Kier alpha value is -0.340. The van der Waals surface area contributed by atoms with Crippen LogP contribution in [0.4, 0.5) is 0 Å². The summed E-state index contributed by atoms with van der Waals surface area (Å²) in [6, 6.07) is 0.686. The molecular formula is C10H19NO. The number of ether oxygens (including phenoxy) is 1. The van der Waals surface area contributed by atoms with Gasteiger partial charge in [-0.05, 0) is 26.7 Å². The van der Waals surface area contributed by atoms with E-state index in [1.165, 1.54) is 18.4 Å². The summed E-state index contributed by atoms with van der Waals surface area (Å²) in [5.74, 6) is 0. The van der Waals surface area contributed by atoms with Crippen molar-refractivity contribution in [2.75, 3.05) is 13.7 Å². The minimum Gasteiger partial charge on any atom is -0.381 e. The molecule has 0 saturated heterocycles. The third kappa shape index (κ3) is 2.95. The maximum absolute atomic E-state index is 5.19. The van der Waals surface area contributed by atoms with Crippen LogP contribution in [0.15, 0.2) is 11.6 Å². The summed E-state index contributed by atoms with van der Waals surface area (Å²) in [6.45, 7) is 5.25. The summed E-state index contributed by atoms with van der Waals surface area (Å²) < 4.78 is 5.19. The van der Waals surface area contributed by atoms with Crippen LogP contribution in [0.1, 0.15) is 26.7 Å². The van der Waals surface area contributed by atoms with Crippen molar-refractivity contribution in [1.82, 2.24) is 5.32 Å². The van der Waals surface area contributed by atoms with Gasteiger partial charge in [0.05, 0.1) is 6.10 Å². The van der Waals surface area contributed by atoms with Crippen molar-refractivity contribution < 1.29 is 4.74 Å². The lowest BCUT2D eigenvalue weighted by atomic mass is 9.89. The van der Waals surface area contributed by atoms with Gasteiger partial charge in [0.2, 0.25) is 0 Å². The largest absolute Gasteiger partial charge is 0.381 e. The van der Waals surface area contributed by atoms with Crippen molar-refractivity contribution >= 4 is 0 Å². The Morgan fingerprint density at radius 1 is 1.50 bits per heavy atom. The Kier molecular flexibility index (Phi) is 3.76. The van der Waals surface area contributed by atoms with Gasteiger partial charge in [0, 0.05) is 19.7 Å². The van der Waals surface area contributed by atoms with Crippen LogP contribution >= 0.6 is 0 Å². The van der Waals surface area contributed by atoms with Gasteiger partial charge in [-0.3, -0.25) is 0 Å². The van der Waals surface area contributed by atoms with E-state index in [-0.39, 0.29) is 0 Å². The van der Waals surface area contributed by atoms with Crippen molar-refractivity contribution in [2.45, 2.75) is 38.8 Å². The first kappa shape index (κ1) is 9.75. The highest BCUT2D eigenvalue weighted by atomic mass is 16.5. The highest BCUT2D eigenvalue weighted by Gasteiger charge is 2.27. The highest BCUT2D eigenvalue weighted by Crippen LogP contribution is 2.22. The number of hydrogen-bond donors (Lipinski definition) is 1. The van der Waals surface area contributed by atoms with Crippen LogP contribution in [0.3, 0.4) is 0 Å². The summed E-state index contributed by atoms with van der Waals surface area (Å²) in [7, 11) is 1.79. The molecule has 0 radical (unpaired) electrons. The van der Waals surface area contributed by atoms with Crippen LogP contribution in [0.2, 0.25) is 0 Å². The molecule has 0 aromatic carbocycles. The fourth-order valence-corrected chi connectivity index (χ4v) is 1.35. The normalized spacial score (nSPS) is 27.9. The quantitative estimate of drug-likeness (QED) is 0.647. The minimum absolute atomic E-state index is 0.509. The van der Waals surface area contributed by atoms with Gasteiger partial charge in [-0.2, -0.15) is 0 Å². The molecule has 0 aliphatic heterocycles. The molecule has 0 bridgehead atoms. The first-order chi connectivity index (χ1) is 5.72. The zero-order chi connectivity index (χ0) is 8.97. The highest BCUT2D eigenvalue weighted by molar-refractivity contribution is 4.96. The van der Waals surface area contributed by atoms with E-state index < -0.39 is 0 Å². The zero-order valence-electron chi connectivity index (χ0n) is 8.26. The third-order valence-corrected chi connectivity index (χ3v) is 2.34. The van der Waals surface area contributed by atoms with Crippen molar-refractivity contribution in [1.29, 1.82) is 0 Å². The maximum Gasteiger partial charge on any atom is 0.0601 e. The lowest BCUT2D eigenvalue weighted by molar-refractivity contribution is 0.0185. The van der Waals surface area contributed by atoms with Crippen LogP contribution in [-0.4, -0.2) is 25.8 Å². The zero-order valence-corrected chi connectivity index (χ0v) is 8.26. The summed E-state index contributed by atoms with van der Waals surface area (Å²) >= 11 is 0. The van der Waals surface area contributed by atoms with Crippen LogP contribution in [0, 0.1) is 0 Å². The van der Waals surface area contributed by atoms with Gasteiger partial charge in [0.15, 0.2) is 0 Å². The van der Waals surface area contributed by atoms with Gasteiger partial charge in [-0.15, -0.1) is 0 Å². The van der Waals surface area contributed by atoms with Gasteiger partial charge in [-0.25, -0.2) is 0 Å². The molecule has 1 rings (SSSR count). The average molecular weight is 169 g/mol. The van der Waals surface area contributed by atoms with Crippen molar-refractivity contribution in [2.24, 2.45) is 0 Å². The predicted octanol–water partition coefficient (Wildman–Crippen LogP) is 1.72. The van der Waals surface area contributed by atoms with E-state index in [4.69, 9.17) is 4.74 Å². The number of rotatable bonds is 4. The number of nitrogens with one attached hydrogen (secondary N) is 1. The molecule has 0 heterocycles. The summed E-state index contributed by atoms with van der Waals surface area (Å²) in [5, 5.41) is 3.46. The predicted molar refractivity (Wildman–Crippen MR) is 51.3 cm³/mol. The number of allylic oxidation sites excluding steroid dienone is 1. The van der Waals surface area contributed by atoms with E-state index in [1.54, 1.807) is 7.11 Å². The summed E-state index contributed by atoms with van der Waals surface area (Å²) in [4.78, 5) is 0. The third-order valence-electron chi connectivity index (χ3n) is 2.34. The molecule has 0 spiro atoms. The van der Waals surface area contributed by atoms with E-state index in [2.05, 4.69) is 25.2 Å². The van der Waals surface area contributed by atoms with Crippen LogP contribution in [0.25, 0.3) is 0 Å². The number of hydrogen-bond acceptors (Lipinski definition) is 2. The molecule has 0 amide bonds. The van der Waals surface area contributed by atoms with E-state index in [9.17, 15) is 0 Å². The van der Waals surface area contributed by atoms with Gasteiger partial charge < -0.3 is 10.1 Å². The summed E-state index contributed by atoms with van der Waals surface area (Å²) in [5.41, 5.74) is 1.38.